The Kier molecular flexibility index (Phi) is 4.44. The van der Waals surface area contributed by atoms with Crippen molar-refractivity contribution in [2.45, 2.75) is 13.3 Å². The second-order valence-electron chi connectivity index (χ2n) is 6.33. The number of carbonyl (C=O) groups is 2. The molecule has 0 aromatic heterocycles. The van der Waals surface area contributed by atoms with E-state index in [2.05, 4.69) is 5.32 Å². The first-order chi connectivity index (χ1) is 11.9. The minimum absolute atomic E-state index is 0.127. The molecule has 1 heterocycles. The number of aryl methyl sites for hydroxylation is 1. The number of urea groups is 1. The van der Waals surface area contributed by atoms with Gasteiger partial charge in [-0.15, -0.1) is 0 Å². The van der Waals surface area contributed by atoms with Gasteiger partial charge in [-0.3, -0.25) is 9.69 Å². The molecule has 0 saturated heterocycles. The Morgan fingerprint density at radius 3 is 2.64 bits per heavy atom. The molecule has 2 aromatic carbocycles. The monoisotopic (exact) mass is 341 g/mol. The van der Waals surface area contributed by atoms with Gasteiger partial charge in [-0.2, -0.15) is 0 Å². The van der Waals surface area contributed by atoms with Gasteiger partial charge in [0.1, 0.15) is 5.82 Å². The summed E-state index contributed by atoms with van der Waals surface area (Å²) in [5, 5.41) is 2.86. The van der Waals surface area contributed by atoms with Gasteiger partial charge in [0.2, 0.25) is 0 Å². The summed E-state index contributed by atoms with van der Waals surface area (Å²) in [6.45, 7) is 2.37. The molecule has 0 fully saturated rings. The van der Waals surface area contributed by atoms with Gasteiger partial charge < -0.3 is 10.2 Å². The number of fused-ring (bicyclic) bond motifs is 1. The molecule has 1 N–H and O–H groups in total. The number of amides is 3. The molecule has 0 saturated carbocycles. The number of anilines is 2. The van der Waals surface area contributed by atoms with Gasteiger partial charge in [-0.25, -0.2) is 9.18 Å². The highest BCUT2D eigenvalue weighted by atomic mass is 19.1. The molecule has 1 aliphatic heterocycles. The van der Waals surface area contributed by atoms with E-state index in [-0.39, 0.29) is 17.8 Å². The smallest absolute Gasteiger partial charge is 0.326 e. The average Bonchev–Trinajstić information content (AvgIpc) is 2.99. The molecule has 5 nitrogen and oxygen atoms in total. The lowest BCUT2D eigenvalue weighted by atomic mass is 10.1. The zero-order valence-corrected chi connectivity index (χ0v) is 14.5. The molecular weight excluding hydrogens is 321 g/mol. The van der Waals surface area contributed by atoms with E-state index < -0.39 is 0 Å². The van der Waals surface area contributed by atoms with E-state index in [9.17, 15) is 14.0 Å². The van der Waals surface area contributed by atoms with Crippen LogP contribution in [0.3, 0.4) is 0 Å². The molecule has 1 aliphatic rings. The summed E-state index contributed by atoms with van der Waals surface area (Å²) in [4.78, 5) is 27.8. The lowest BCUT2D eigenvalue weighted by Gasteiger charge is -2.19. The van der Waals surface area contributed by atoms with Crippen LogP contribution in [0, 0.1) is 12.7 Å². The summed E-state index contributed by atoms with van der Waals surface area (Å²) in [6, 6.07) is 9.37. The quantitative estimate of drug-likeness (QED) is 0.910. The van der Waals surface area contributed by atoms with Gasteiger partial charge in [0.15, 0.2) is 0 Å². The van der Waals surface area contributed by atoms with E-state index in [0.717, 1.165) is 16.8 Å². The fourth-order valence-corrected chi connectivity index (χ4v) is 2.91. The second-order valence-corrected chi connectivity index (χ2v) is 6.33. The Morgan fingerprint density at radius 2 is 1.92 bits per heavy atom. The summed E-state index contributed by atoms with van der Waals surface area (Å²) in [5.41, 5.74) is 3.51. The van der Waals surface area contributed by atoms with Crippen LogP contribution in [0.25, 0.3) is 0 Å². The topological polar surface area (TPSA) is 52.7 Å². The molecule has 130 valence electrons. The summed E-state index contributed by atoms with van der Waals surface area (Å²) in [6.07, 6.45) is 0.624. The summed E-state index contributed by atoms with van der Waals surface area (Å²) < 4.78 is 13.3. The molecule has 0 radical (unpaired) electrons. The zero-order chi connectivity index (χ0) is 18.1. The second kappa shape index (κ2) is 6.55. The number of benzene rings is 2. The van der Waals surface area contributed by atoms with Gasteiger partial charge in [-0.05, 0) is 54.8 Å². The van der Waals surface area contributed by atoms with Crippen LogP contribution in [-0.2, 0) is 6.42 Å². The number of carbonyl (C=O) groups excluding carboxylic acids is 2. The Bertz CT molecular complexity index is 849. The SMILES string of the molecule is Cc1ccc(C(=O)N(C)C)cc1NC(=O)N1CCc2cc(F)ccc21. The molecule has 0 atom stereocenters. The van der Waals surface area contributed by atoms with Gasteiger partial charge in [0.25, 0.3) is 5.91 Å². The van der Waals surface area contributed by atoms with Crippen molar-refractivity contribution in [2.75, 3.05) is 30.9 Å². The van der Waals surface area contributed by atoms with Gasteiger partial charge in [0.05, 0.1) is 0 Å². The zero-order valence-electron chi connectivity index (χ0n) is 14.5. The van der Waals surface area contributed by atoms with Crippen LogP contribution in [0.15, 0.2) is 36.4 Å². The van der Waals surface area contributed by atoms with Gasteiger partial charge in [-0.1, -0.05) is 6.07 Å². The predicted molar refractivity (Wildman–Crippen MR) is 95.7 cm³/mol. The van der Waals surface area contributed by atoms with Gasteiger partial charge >= 0.3 is 6.03 Å². The Balaban J connectivity index is 1.83. The molecule has 3 rings (SSSR count). The molecule has 3 amide bonds. The number of nitrogens with zero attached hydrogens (tertiary/aromatic N) is 2. The third-order valence-electron chi connectivity index (χ3n) is 4.31. The van der Waals surface area contributed by atoms with Crippen LogP contribution < -0.4 is 10.2 Å². The van der Waals surface area contributed by atoms with Crippen molar-refractivity contribution in [3.63, 3.8) is 0 Å². The van der Waals surface area contributed by atoms with E-state index in [4.69, 9.17) is 0 Å². The highest BCUT2D eigenvalue weighted by Gasteiger charge is 2.25. The third kappa shape index (κ3) is 3.33. The van der Waals surface area contributed by atoms with Crippen LogP contribution in [0.2, 0.25) is 0 Å². The van der Waals surface area contributed by atoms with Gasteiger partial charge in [0, 0.05) is 37.6 Å². The normalized spacial score (nSPS) is 12.7. The third-order valence-corrected chi connectivity index (χ3v) is 4.31. The maximum atomic E-state index is 13.3. The molecule has 0 spiro atoms. The first-order valence-corrected chi connectivity index (χ1v) is 8.06. The Morgan fingerprint density at radius 1 is 1.16 bits per heavy atom. The molecular formula is C19H20FN3O2. The summed E-state index contributed by atoms with van der Waals surface area (Å²) >= 11 is 0. The van der Waals surface area contributed by atoms with E-state index in [0.29, 0.717) is 24.2 Å². The number of nitrogens with one attached hydrogen (secondary N) is 1. The van der Waals surface area contributed by atoms with Crippen LogP contribution in [0.1, 0.15) is 21.5 Å². The Hall–Kier alpha value is -2.89. The Labute approximate surface area is 146 Å². The van der Waals surface area contributed by atoms with Crippen molar-refractivity contribution in [1.82, 2.24) is 4.90 Å². The minimum atomic E-state index is -0.299. The van der Waals surface area contributed by atoms with E-state index in [1.807, 2.05) is 6.92 Å². The van der Waals surface area contributed by atoms with Crippen molar-refractivity contribution in [1.29, 1.82) is 0 Å². The predicted octanol–water partition coefficient (Wildman–Crippen LogP) is 3.43. The lowest BCUT2D eigenvalue weighted by molar-refractivity contribution is 0.0827. The minimum Gasteiger partial charge on any atom is -0.345 e. The number of hydrogen-bond donors (Lipinski definition) is 1. The molecule has 0 bridgehead atoms. The standard InChI is InChI=1S/C19H20FN3O2/c1-12-4-5-14(18(24)22(2)3)11-16(12)21-19(25)23-9-8-13-10-15(20)6-7-17(13)23/h4-7,10-11H,8-9H2,1-3H3,(H,21,25). The molecule has 2 aromatic rings. The van der Waals surface area contributed by atoms with Crippen LogP contribution in [0.4, 0.5) is 20.6 Å². The average molecular weight is 341 g/mol. The highest BCUT2D eigenvalue weighted by Crippen LogP contribution is 2.29. The molecule has 0 unspecified atom stereocenters. The first-order valence-electron chi connectivity index (χ1n) is 8.06. The number of rotatable bonds is 2. The lowest BCUT2D eigenvalue weighted by Crippen LogP contribution is -2.33. The van der Waals surface area contributed by atoms with E-state index in [1.54, 1.807) is 43.3 Å². The van der Waals surface area contributed by atoms with Crippen molar-refractivity contribution < 1.29 is 14.0 Å². The molecule has 6 heteroatoms. The van der Waals surface area contributed by atoms with E-state index >= 15 is 0 Å². The molecule has 0 aliphatic carbocycles. The fourth-order valence-electron chi connectivity index (χ4n) is 2.91. The van der Waals surface area contributed by atoms with Crippen molar-refractivity contribution >= 4 is 23.3 Å². The highest BCUT2D eigenvalue weighted by molar-refractivity contribution is 6.04. The summed E-state index contributed by atoms with van der Waals surface area (Å²) in [5.74, 6) is -0.427. The van der Waals surface area contributed by atoms with Crippen LogP contribution in [-0.4, -0.2) is 37.5 Å². The van der Waals surface area contributed by atoms with Crippen molar-refractivity contribution in [3.8, 4) is 0 Å². The van der Waals surface area contributed by atoms with Crippen LogP contribution in [0.5, 0.6) is 0 Å². The van der Waals surface area contributed by atoms with Crippen molar-refractivity contribution in [3.05, 3.63) is 58.9 Å². The maximum Gasteiger partial charge on any atom is 0.326 e. The fraction of sp³-hybridized carbons (Fsp3) is 0.263. The largest absolute Gasteiger partial charge is 0.345 e. The summed E-state index contributed by atoms with van der Waals surface area (Å²) in [7, 11) is 3.36. The van der Waals surface area contributed by atoms with Crippen molar-refractivity contribution in [2.24, 2.45) is 0 Å². The maximum absolute atomic E-state index is 13.3. The molecule has 25 heavy (non-hydrogen) atoms. The van der Waals surface area contributed by atoms with E-state index in [1.165, 1.54) is 17.0 Å². The number of hydrogen-bond acceptors (Lipinski definition) is 2. The first kappa shape index (κ1) is 17.0. The number of halogens is 1. The van der Waals surface area contributed by atoms with Crippen LogP contribution >= 0.6 is 0 Å².